The highest BCUT2D eigenvalue weighted by atomic mass is 79.9. The Hall–Kier alpha value is -2.47. The van der Waals surface area contributed by atoms with Crippen LogP contribution in [0.5, 0.6) is 0 Å². The van der Waals surface area contributed by atoms with Crippen molar-refractivity contribution in [2.45, 2.75) is 49.6 Å². The lowest BCUT2D eigenvalue weighted by atomic mass is 9.66. The largest absolute Gasteiger partial charge is 1.00 e. The number of rotatable bonds is 8. The van der Waals surface area contributed by atoms with Crippen LogP contribution < -0.4 is 22.5 Å². The molecule has 0 aromatic heterocycles. The van der Waals surface area contributed by atoms with Crippen molar-refractivity contribution < 1.29 is 31.1 Å². The Balaban J connectivity index is 0.00000304. The molecular weight excluding hydrogens is 512 g/mol. The second-order valence-electron chi connectivity index (χ2n) is 10.9. The summed E-state index contributed by atoms with van der Waals surface area (Å²) in [5, 5.41) is 0. The van der Waals surface area contributed by atoms with Crippen LogP contribution >= 0.6 is 0 Å². The second-order valence-corrected chi connectivity index (χ2v) is 10.9. The molecule has 5 rings (SSSR count). The number of nitrogens with one attached hydrogen (secondary N) is 1. The van der Waals surface area contributed by atoms with Gasteiger partial charge in [0.2, 0.25) is 0 Å². The third-order valence-electron chi connectivity index (χ3n) is 8.76. The van der Waals surface area contributed by atoms with E-state index in [1.807, 2.05) is 18.2 Å². The van der Waals surface area contributed by atoms with Gasteiger partial charge in [-0.1, -0.05) is 78.9 Å². The minimum Gasteiger partial charge on any atom is -1.00 e. The van der Waals surface area contributed by atoms with Gasteiger partial charge >= 0.3 is 5.97 Å². The van der Waals surface area contributed by atoms with Crippen LogP contribution in [-0.4, -0.2) is 43.2 Å². The van der Waals surface area contributed by atoms with E-state index < -0.39 is 0 Å². The first kappa shape index (κ1) is 26.6. The van der Waals surface area contributed by atoms with Crippen LogP contribution in [0.25, 0.3) is 0 Å². The fourth-order valence-electron chi connectivity index (χ4n) is 6.70. The van der Waals surface area contributed by atoms with Gasteiger partial charge in [0.1, 0.15) is 0 Å². The van der Waals surface area contributed by atoms with Gasteiger partial charge in [-0.25, -0.2) is 4.79 Å². The van der Waals surface area contributed by atoms with Crippen molar-refractivity contribution in [3.05, 3.63) is 108 Å². The van der Waals surface area contributed by atoms with E-state index in [2.05, 4.69) is 80.2 Å². The maximum atomic E-state index is 12.7. The predicted octanol–water partition coefficient (Wildman–Crippen LogP) is 2.75. The summed E-state index contributed by atoms with van der Waals surface area (Å²) < 4.78 is 1.17. The zero-order valence-corrected chi connectivity index (χ0v) is 22.9. The Morgan fingerprint density at radius 2 is 1.31 bits per heavy atom. The molecule has 2 saturated heterocycles. The number of quaternary nitrogens is 1. The number of hydrogen-bond donors (Lipinski definition) is 1. The van der Waals surface area contributed by atoms with Crippen molar-refractivity contribution in [2.75, 3.05) is 20.6 Å². The van der Waals surface area contributed by atoms with Gasteiger partial charge in [-0.15, -0.1) is 0 Å². The summed E-state index contributed by atoms with van der Waals surface area (Å²) in [7, 11) is 4.84. The Morgan fingerprint density at radius 1 is 0.833 bits per heavy atom. The van der Waals surface area contributed by atoms with E-state index in [4.69, 9.17) is 4.84 Å². The van der Waals surface area contributed by atoms with E-state index >= 15 is 0 Å². The SMILES string of the molecule is C[N+]1(C)C2CCC1CC(CC(CNOC(=O)c1ccccc1)(c1ccccc1)c1ccccc1)C2.[Br-]. The molecule has 36 heavy (non-hydrogen) atoms. The van der Waals surface area contributed by atoms with E-state index in [-0.39, 0.29) is 28.4 Å². The maximum absolute atomic E-state index is 12.7. The van der Waals surface area contributed by atoms with Crippen molar-refractivity contribution in [1.82, 2.24) is 5.48 Å². The van der Waals surface area contributed by atoms with Gasteiger partial charge in [0.25, 0.3) is 0 Å². The van der Waals surface area contributed by atoms with Crippen molar-refractivity contribution in [2.24, 2.45) is 5.92 Å². The van der Waals surface area contributed by atoms with Crippen molar-refractivity contribution >= 4 is 5.97 Å². The van der Waals surface area contributed by atoms with Gasteiger partial charge in [0.05, 0.1) is 31.7 Å². The molecule has 0 saturated carbocycles. The molecule has 0 aliphatic carbocycles. The average Bonchev–Trinajstić information content (AvgIpc) is 3.04. The topological polar surface area (TPSA) is 38.3 Å². The molecule has 1 N–H and O–H groups in total. The molecule has 2 bridgehead atoms. The Labute approximate surface area is 226 Å². The van der Waals surface area contributed by atoms with Crippen LogP contribution in [0.15, 0.2) is 91.0 Å². The first-order valence-electron chi connectivity index (χ1n) is 12.9. The van der Waals surface area contributed by atoms with Crippen LogP contribution in [0.3, 0.4) is 0 Å². The molecule has 2 aliphatic rings. The summed E-state index contributed by atoms with van der Waals surface area (Å²) in [4.78, 5) is 18.3. The molecule has 2 fully saturated rings. The third-order valence-corrected chi connectivity index (χ3v) is 8.76. The van der Waals surface area contributed by atoms with Crippen molar-refractivity contribution in [3.8, 4) is 0 Å². The molecule has 0 spiro atoms. The lowest BCUT2D eigenvalue weighted by Gasteiger charge is -2.47. The molecule has 3 aromatic carbocycles. The number of fused-ring (bicyclic) bond motifs is 2. The van der Waals surface area contributed by atoms with E-state index in [9.17, 15) is 4.79 Å². The molecule has 190 valence electrons. The van der Waals surface area contributed by atoms with Crippen LogP contribution in [0.2, 0.25) is 0 Å². The van der Waals surface area contributed by atoms with Crippen LogP contribution in [0.4, 0.5) is 0 Å². The zero-order valence-electron chi connectivity index (χ0n) is 21.3. The number of benzene rings is 3. The lowest BCUT2D eigenvalue weighted by molar-refractivity contribution is -0.931. The molecule has 2 atom stereocenters. The van der Waals surface area contributed by atoms with Gasteiger partial charge in [0, 0.05) is 37.6 Å². The molecule has 2 aliphatic heterocycles. The minimum atomic E-state index is -0.351. The highest BCUT2D eigenvalue weighted by Gasteiger charge is 2.50. The van der Waals surface area contributed by atoms with E-state index in [0.717, 1.165) is 18.5 Å². The second kappa shape index (κ2) is 11.3. The number of hydroxylamine groups is 1. The summed E-state index contributed by atoms with van der Waals surface area (Å²) in [5.74, 6) is 0.279. The lowest BCUT2D eigenvalue weighted by Crippen LogP contribution is -3.00. The van der Waals surface area contributed by atoms with Gasteiger partial charge in [-0.3, -0.25) is 0 Å². The monoisotopic (exact) mass is 548 g/mol. The van der Waals surface area contributed by atoms with Crippen molar-refractivity contribution in [3.63, 3.8) is 0 Å². The summed E-state index contributed by atoms with van der Waals surface area (Å²) in [5.41, 5.74) is 5.90. The zero-order chi connectivity index (χ0) is 24.3. The maximum Gasteiger partial charge on any atom is 0.356 e. The Kier molecular flexibility index (Phi) is 8.34. The number of carbonyl (C=O) groups excluding carboxylic acids is 1. The first-order valence-corrected chi connectivity index (χ1v) is 12.9. The standard InChI is InChI=1S/C31H37N2O2.BrH/c1-33(2)28-18-19-29(33)21-24(20-28)22-31(26-14-8-4-9-15-26,27-16-10-5-11-17-27)23-32-35-30(34)25-12-6-3-7-13-25;/h3-17,24,28-29,32H,18-23H2,1-2H3;1H/q+1;/p-1. The fraction of sp³-hybridized carbons (Fsp3) is 0.387. The third kappa shape index (κ3) is 5.29. The van der Waals surface area contributed by atoms with Gasteiger partial charge in [-0.2, -0.15) is 5.48 Å². The minimum absolute atomic E-state index is 0. The summed E-state index contributed by atoms with van der Waals surface area (Å²) in [6, 6.07) is 32.2. The predicted molar refractivity (Wildman–Crippen MR) is 140 cm³/mol. The number of nitrogens with zero attached hydrogens (tertiary/aromatic N) is 1. The quantitative estimate of drug-likeness (QED) is 0.347. The Morgan fingerprint density at radius 3 is 1.81 bits per heavy atom. The van der Waals surface area contributed by atoms with Gasteiger partial charge < -0.3 is 26.3 Å². The van der Waals surface area contributed by atoms with Crippen LogP contribution in [-0.2, 0) is 10.3 Å². The summed E-state index contributed by atoms with van der Waals surface area (Å²) >= 11 is 0. The summed E-state index contributed by atoms with van der Waals surface area (Å²) in [6.07, 6.45) is 6.23. The molecule has 0 radical (unpaired) electrons. The number of piperidine rings is 1. The Bertz CT molecular complexity index is 1070. The highest BCUT2D eigenvalue weighted by molar-refractivity contribution is 5.89. The molecule has 2 unspecified atom stereocenters. The van der Waals surface area contributed by atoms with Crippen molar-refractivity contribution in [1.29, 1.82) is 0 Å². The number of halogens is 1. The first-order chi connectivity index (χ1) is 17.0. The number of hydrogen-bond acceptors (Lipinski definition) is 3. The highest BCUT2D eigenvalue weighted by Crippen LogP contribution is 2.47. The van der Waals surface area contributed by atoms with E-state index in [0.29, 0.717) is 18.0 Å². The van der Waals surface area contributed by atoms with E-state index in [1.165, 1.54) is 41.3 Å². The van der Waals surface area contributed by atoms with Crippen LogP contribution in [0, 0.1) is 5.92 Å². The summed E-state index contributed by atoms with van der Waals surface area (Å²) in [6.45, 7) is 0.531. The average molecular weight is 550 g/mol. The van der Waals surface area contributed by atoms with E-state index in [1.54, 1.807) is 12.1 Å². The fourth-order valence-corrected chi connectivity index (χ4v) is 6.70. The molecule has 3 aromatic rings. The molecule has 0 amide bonds. The molecule has 5 heteroatoms. The smallest absolute Gasteiger partial charge is 0.356 e. The molecular formula is C31H37BrN2O2. The number of carbonyl (C=O) groups is 1. The van der Waals surface area contributed by atoms with Gasteiger partial charge in [0.15, 0.2) is 0 Å². The van der Waals surface area contributed by atoms with Crippen LogP contribution in [0.1, 0.15) is 53.6 Å². The molecule has 2 heterocycles. The normalized spacial score (nSPS) is 22.4. The van der Waals surface area contributed by atoms with Gasteiger partial charge in [-0.05, 0) is 35.6 Å². The molecule has 4 nitrogen and oxygen atoms in total.